The standard InChI is InChI=1S/C19H24N8O/c1-13(14-2-6-17(7-3-14)27-12-21-11-22-27)23-19(28)18-10-26(25-24-18)16-8-4-15(20)5-9-16/h2-3,6-7,10-13,15-16H,4-5,8-9,20H2,1H3,(H,23,28)/t13-,15?,16?/m0/s1. The smallest absolute Gasteiger partial charge is 0.273 e. The van der Waals surface area contributed by atoms with Gasteiger partial charge >= 0.3 is 0 Å². The van der Waals surface area contributed by atoms with Gasteiger partial charge in [0.1, 0.15) is 12.7 Å². The zero-order chi connectivity index (χ0) is 19.5. The van der Waals surface area contributed by atoms with E-state index in [1.165, 1.54) is 6.33 Å². The van der Waals surface area contributed by atoms with Gasteiger partial charge in [0, 0.05) is 6.04 Å². The van der Waals surface area contributed by atoms with Crippen LogP contribution in [0.4, 0.5) is 0 Å². The summed E-state index contributed by atoms with van der Waals surface area (Å²) in [6.07, 6.45) is 8.77. The third-order valence-electron chi connectivity index (χ3n) is 5.28. The van der Waals surface area contributed by atoms with Crippen molar-refractivity contribution in [2.24, 2.45) is 5.73 Å². The van der Waals surface area contributed by atoms with Crippen molar-refractivity contribution in [1.29, 1.82) is 0 Å². The molecule has 1 fully saturated rings. The lowest BCUT2D eigenvalue weighted by atomic mass is 9.92. The van der Waals surface area contributed by atoms with Gasteiger partial charge in [-0.2, -0.15) is 5.10 Å². The summed E-state index contributed by atoms with van der Waals surface area (Å²) in [5.74, 6) is -0.230. The highest BCUT2D eigenvalue weighted by Gasteiger charge is 2.22. The van der Waals surface area contributed by atoms with Gasteiger partial charge in [-0.05, 0) is 50.3 Å². The molecule has 0 bridgehead atoms. The van der Waals surface area contributed by atoms with E-state index in [-0.39, 0.29) is 24.0 Å². The van der Waals surface area contributed by atoms with Crippen molar-refractivity contribution in [1.82, 2.24) is 35.1 Å². The van der Waals surface area contributed by atoms with E-state index in [2.05, 4.69) is 25.7 Å². The second-order valence-electron chi connectivity index (χ2n) is 7.28. The number of nitrogens with zero attached hydrogens (tertiary/aromatic N) is 6. The molecule has 146 valence electrons. The number of nitrogens with two attached hydrogens (primary N) is 1. The summed E-state index contributed by atoms with van der Waals surface area (Å²) in [6.45, 7) is 1.94. The normalized spacial score (nSPS) is 20.6. The van der Waals surface area contributed by atoms with Crippen molar-refractivity contribution in [3.05, 3.63) is 54.4 Å². The van der Waals surface area contributed by atoms with Crippen LogP contribution in [0.1, 0.15) is 60.7 Å². The molecule has 0 spiro atoms. The van der Waals surface area contributed by atoms with Crippen molar-refractivity contribution in [2.45, 2.75) is 50.7 Å². The molecule has 4 rings (SSSR count). The number of hydrogen-bond donors (Lipinski definition) is 2. The van der Waals surface area contributed by atoms with Crippen LogP contribution in [-0.2, 0) is 0 Å². The van der Waals surface area contributed by atoms with E-state index in [0.717, 1.165) is 36.9 Å². The second-order valence-corrected chi connectivity index (χ2v) is 7.28. The van der Waals surface area contributed by atoms with Crippen LogP contribution in [0.5, 0.6) is 0 Å². The molecular formula is C19H24N8O. The maximum atomic E-state index is 12.6. The van der Waals surface area contributed by atoms with E-state index >= 15 is 0 Å². The number of benzene rings is 1. The first-order chi connectivity index (χ1) is 13.6. The molecule has 1 amide bonds. The SMILES string of the molecule is C[C@H](NC(=O)c1cn(C2CCC(N)CC2)nn1)c1ccc(-n2cncn2)cc1. The van der Waals surface area contributed by atoms with E-state index in [1.54, 1.807) is 21.9 Å². The summed E-state index contributed by atoms with van der Waals surface area (Å²) in [4.78, 5) is 16.5. The van der Waals surface area contributed by atoms with Crippen molar-refractivity contribution in [2.75, 3.05) is 0 Å². The molecule has 0 saturated heterocycles. The molecule has 1 aliphatic rings. The van der Waals surface area contributed by atoms with Gasteiger partial charge in [0.05, 0.1) is 24.0 Å². The Morgan fingerprint density at radius 1 is 1.21 bits per heavy atom. The molecular weight excluding hydrogens is 356 g/mol. The molecule has 9 nitrogen and oxygen atoms in total. The molecule has 28 heavy (non-hydrogen) atoms. The molecule has 3 aromatic rings. The van der Waals surface area contributed by atoms with Gasteiger partial charge in [-0.15, -0.1) is 5.10 Å². The minimum absolute atomic E-state index is 0.157. The summed E-state index contributed by atoms with van der Waals surface area (Å²) in [5, 5.41) is 15.3. The lowest BCUT2D eigenvalue weighted by molar-refractivity contribution is 0.0934. The first-order valence-electron chi connectivity index (χ1n) is 9.53. The van der Waals surface area contributed by atoms with E-state index in [0.29, 0.717) is 5.69 Å². The molecule has 1 aliphatic carbocycles. The average Bonchev–Trinajstić information content (AvgIpc) is 3.41. The maximum absolute atomic E-state index is 12.6. The molecule has 1 aromatic carbocycles. The lowest BCUT2D eigenvalue weighted by Crippen LogP contribution is -2.28. The van der Waals surface area contributed by atoms with Crippen LogP contribution in [0.25, 0.3) is 5.69 Å². The third kappa shape index (κ3) is 3.94. The highest BCUT2D eigenvalue weighted by molar-refractivity contribution is 5.92. The largest absolute Gasteiger partial charge is 0.344 e. The molecule has 0 radical (unpaired) electrons. The summed E-state index contributed by atoms with van der Waals surface area (Å²) in [5.41, 5.74) is 8.20. The van der Waals surface area contributed by atoms with Crippen LogP contribution in [0.15, 0.2) is 43.1 Å². The number of nitrogens with one attached hydrogen (secondary N) is 1. The minimum Gasteiger partial charge on any atom is -0.344 e. The maximum Gasteiger partial charge on any atom is 0.273 e. The quantitative estimate of drug-likeness (QED) is 0.697. The number of amides is 1. The van der Waals surface area contributed by atoms with E-state index in [4.69, 9.17) is 5.73 Å². The number of carbonyl (C=O) groups excluding carboxylic acids is 1. The van der Waals surface area contributed by atoms with Crippen molar-refractivity contribution < 1.29 is 4.79 Å². The molecule has 2 aromatic heterocycles. The summed E-state index contributed by atoms with van der Waals surface area (Å²) in [7, 11) is 0. The molecule has 1 saturated carbocycles. The number of hydrogen-bond acceptors (Lipinski definition) is 6. The predicted octanol–water partition coefficient (Wildman–Crippen LogP) is 1.79. The Bertz CT molecular complexity index is 910. The van der Waals surface area contributed by atoms with Crippen LogP contribution < -0.4 is 11.1 Å². The number of carbonyl (C=O) groups is 1. The van der Waals surface area contributed by atoms with Gasteiger partial charge in [-0.1, -0.05) is 17.3 Å². The van der Waals surface area contributed by atoms with Crippen LogP contribution in [-0.4, -0.2) is 41.7 Å². The fraction of sp³-hybridized carbons (Fsp3) is 0.421. The van der Waals surface area contributed by atoms with Gasteiger partial charge in [0.2, 0.25) is 0 Å². The summed E-state index contributed by atoms with van der Waals surface area (Å²) in [6, 6.07) is 8.20. The van der Waals surface area contributed by atoms with E-state index < -0.39 is 0 Å². The van der Waals surface area contributed by atoms with Gasteiger partial charge in [0.15, 0.2) is 5.69 Å². The minimum atomic E-state index is -0.230. The molecule has 1 atom stereocenters. The fourth-order valence-electron chi connectivity index (χ4n) is 3.54. The molecule has 9 heteroatoms. The first-order valence-corrected chi connectivity index (χ1v) is 9.53. The van der Waals surface area contributed by atoms with Gasteiger partial charge in [0.25, 0.3) is 5.91 Å². The lowest BCUT2D eigenvalue weighted by Gasteiger charge is -2.25. The summed E-state index contributed by atoms with van der Waals surface area (Å²) >= 11 is 0. The van der Waals surface area contributed by atoms with Crippen molar-refractivity contribution in [3.63, 3.8) is 0 Å². The Morgan fingerprint density at radius 3 is 2.64 bits per heavy atom. The van der Waals surface area contributed by atoms with Gasteiger partial charge in [-0.3, -0.25) is 4.79 Å². The molecule has 0 unspecified atom stereocenters. The number of rotatable bonds is 5. The third-order valence-corrected chi connectivity index (χ3v) is 5.28. The Morgan fingerprint density at radius 2 is 1.96 bits per heavy atom. The van der Waals surface area contributed by atoms with Gasteiger partial charge in [-0.25, -0.2) is 14.3 Å². The zero-order valence-corrected chi connectivity index (χ0v) is 15.8. The molecule has 3 N–H and O–H groups in total. The highest BCUT2D eigenvalue weighted by atomic mass is 16.2. The topological polar surface area (TPSA) is 117 Å². The van der Waals surface area contributed by atoms with E-state index in [1.807, 2.05) is 31.2 Å². The van der Waals surface area contributed by atoms with Crippen LogP contribution in [0, 0.1) is 0 Å². The van der Waals surface area contributed by atoms with Crippen molar-refractivity contribution in [3.8, 4) is 5.69 Å². The summed E-state index contributed by atoms with van der Waals surface area (Å²) < 4.78 is 3.49. The average molecular weight is 380 g/mol. The molecule has 0 aliphatic heterocycles. The first kappa shape index (κ1) is 18.3. The van der Waals surface area contributed by atoms with Crippen LogP contribution >= 0.6 is 0 Å². The number of aromatic nitrogens is 6. The Hall–Kier alpha value is -3.07. The predicted molar refractivity (Wildman–Crippen MR) is 103 cm³/mol. The van der Waals surface area contributed by atoms with Crippen LogP contribution in [0.3, 0.4) is 0 Å². The Labute approximate surface area is 162 Å². The Kier molecular flexibility index (Phi) is 5.16. The van der Waals surface area contributed by atoms with E-state index in [9.17, 15) is 4.79 Å². The van der Waals surface area contributed by atoms with Gasteiger partial charge < -0.3 is 11.1 Å². The second kappa shape index (κ2) is 7.89. The van der Waals surface area contributed by atoms with Crippen LogP contribution in [0.2, 0.25) is 0 Å². The highest BCUT2D eigenvalue weighted by Crippen LogP contribution is 2.26. The fourth-order valence-corrected chi connectivity index (χ4v) is 3.54. The Balaban J connectivity index is 1.38. The molecule has 2 heterocycles. The van der Waals surface area contributed by atoms with Crippen molar-refractivity contribution >= 4 is 5.91 Å². The monoisotopic (exact) mass is 380 g/mol. The zero-order valence-electron chi connectivity index (χ0n) is 15.8.